The Kier molecular flexibility index (Phi) is 6.17. The van der Waals surface area contributed by atoms with E-state index < -0.39 is 15.6 Å². The summed E-state index contributed by atoms with van der Waals surface area (Å²) in [5, 5.41) is 13.2. The molecule has 2 rings (SSSR count). The number of sulfonamides is 1. The fourth-order valence-corrected chi connectivity index (χ4v) is 3.35. The van der Waals surface area contributed by atoms with Gasteiger partial charge in [-0.15, -0.1) is 0 Å². The third-order valence-electron chi connectivity index (χ3n) is 3.96. The van der Waals surface area contributed by atoms with Crippen molar-refractivity contribution < 1.29 is 18.3 Å². The van der Waals surface area contributed by atoms with Gasteiger partial charge in [-0.2, -0.15) is 0 Å². The van der Waals surface area contributed by atoms with Crippen molar-refractivity contribution in [2.45, 2.75) is 31.3 Å². The number of nitrogens with one attached hydrogen (secondary N) is 2. The van der Waals surface area contributed by atoms with E-state index in [1.807, 2.05) is 6.07 Å². The molecule has 6 nitrogen and oxygen atoms in total. The van der Waals surface area contributed by atoms with Gasteiger partial charge in [0.15, 0.2) is 0 Å². The number of carbonyl (C=O) groups excluding carboxylic acids is 1. The predicted molar refractivity (Wildman–Crippen MR) is 101 cm³/mol. The molecule has 7 heteroatoms. The van der Waals surface area contributed by atoms with E-state index in [4.69, 9.17) is 0 Å². The van der Waals surface area contributed by atoms with E-state index in [0.717, 1.165) is 0 Å². The van der Waals surface area contributed by atoms with Gasteiger partial charge in [0.2, 0.25) is 15.9 Å². The molecule has 140 valence electrons. The quantitative estimate of drug-likeness (QED) is 0.692. The maximum Gasteiger partial charge on any atom is 0.240 e. The lowest BCUT2D eigenvalue weighted by Gasteiger charge is -2.24. The van der Waals surface area contributed by atoms with E-state index in [1.54, 1.807) is 45.0 Å². The third kappa shape index (κ3) is 5.14. The van der Waals surface area contributed by atoms with Gasteiger partial charge in [-0.05, 0) is 36.8 Å². The summed E-state index contributed by atoms with van der Waals surface area (Å²) in [6.07, 6.45) is 0. The Morgan fingerprint density at radius 2 is 1.65 bits per heavy atom. The zero-order chi connectivity index (χ0) is 19.4. The van der Waals surface area contributed by atoms with Crippen LogP contribution in [0, 0.1) is 5.92 Å². The molecule has 0 aliphatic rings. The normalized spacial score (nSPS) is 14.0. The summed E-state index contributed by atoms with van der Waals surface area (Å²) < 4.78 is 27.3. The molecule has 0 fully saturated rings. The summed E-state index contributed by atoms with van der Waals surface area (Å²) in [4.78, 5) is 11.7. The maximum absolute atomic E-state index is 12.4. The van der Waals surface area contributed by atoms with Crippen LogP contribution in [-0.2, 0) is 20.4 Å². The van der Waals surface area contributed by atoms with E-state index in [9.17, 15) is 18.3 Å². The van der Waals surface area contributed by atoms with E-state index in [0.29, 0.717) is 11.3 Å². The smallest absolute Gasteiger partial charge is 0.240 e. The Bertz CT molecular complexity index is 845. The SMILES string of the molecule is CC(C)C(=O)Nc1ccc(S(=O)(=O)NCC(C)(O)c2ccccc2)cc1. The van der Waals surface area contributed by atoms with E-state index in [1.165, 1.54) is 24.3 Å². The minimum Gasteiger partial charge on any atom is -0.384 e. The van der Waals surface area contributed by atoms with Crippen molar-refractivity contribution in [1.29, 1.82) is 0 Å². The molecule has 0 aromatic heterocycles. The summed E-state index contributed by atoms with van der Waals surface area (Å²) in [6.45, 7) is 4.94. The fraction of sp³-hybridized carbons (Fsp3) is 0.316. The van der Waals surface area contributed by atoms with E-state index in [2.05, 4.69) is 10.0 Å². The minimum atomic E-state index is -3.79. The second kappa shape index (κ2) is 7.99. The van der Waals surface area contributed by atoms with Crippen LogP contribution >= 0.6 is 0 Å². The molecule has 1 unspecified atom stereocenters. The van der Waals surface area contributed by atoms with Crippen LogP contribution in [0.3, 0.4) is 0 Å². The number of amides is 1. The molecule has 1 amide bonds. The van der Waals surface area contributed by atoms with Crippen LogP contribution in [0.2, 0.25) is 0 Å². The first-order valence-electron chi connectivity index (χ1n) is 8.30. The zero-order valence-electron chi connectivity index (χ0n) is 15.1. The number of aliphatic hydroxyl groups is 1. The number of rotatable bonds is 7. The molecule has 3 N–H and O–H groups in total. The lowest BCUT2D eigenvalue weighted by molar-refractivity contribution is -0.118. The van der Waals surface area contributed by atoms with Crippen molar-refractivity contribution in [2.75, 3.05) is 11.9 Å². The summed E-state index contributed by atoms with van der Waals surface area (Å²) >= 11 is 0. The summed E-state index contributed by atoms with van der Waals surface area (Å²) in [5.41, 5.74) is -0.187. The van der Waals surface area contributed by atoms with Crippen molar-refractivity contribution in [1.82, 2.24) is 4.72 Å². The monoisotopic (exact) mass is 376 g/mol. The lowest BCUT2D eigenvalue weighted by atomic mass is 9.97. The molecule has 0 saturated carbocycles. The van der Waals surface area contributed by atoms with Gasteiger partial charge in [-0.25, -0.2) is 13.1 Å². The number of carbonyl (C=O) groups is 1. The highest BCUT2D eigenvalue weighted by Crippen LogP contribution is 2.21. The molecule has 0 saturated heterocycles. The van der Waals surface area contributed by atoms with Crippen molar-refractivity contribution in [3.8, 4) is 0 Å². The van der Waals surface area contributed by atoms with Crippen LogP contribution in [0.1, 0.15) is 26.3 Å². The van der Waals surface area contributed by atoms with Gasteiger partial charge in [-0.3, -0.25) is 4.79 Å². The lowest BCUT2D eigenvalue weighted by Crippen LogP contribution is -2.38. The van der Waals surface area contributed by atoms with Gasteiger partial charge < -0.3 is 10.4 Å². The molecule has 0 heterocycles. The van der Waals surface area contributed by atoms with Gasteiger partial charge in [0.25, 0.3) is 0 Å². The molecule has 26 heavy (non-hydrogen) atoms. The largest absolute Gasteiger partial charge is 0.384 e. The second-order valence-electron chi connectivity index (χ2n) is 6.63. The second-order valence-corrected chi connectivity index (χ2v) is 8.40. The van der Waals surface area contributed by atoms with Crippen LogP contribution in [0.15, 0.2) is 59.5 Å². The highest BCUT2D eigenvalue weighted by atomic mass is 32.2. The number of hydrogen-bond acceptors (Lipinski definition) is 4. The Morgan fingerprint density at radius 3 is 2.19 bits per heavy atom. The van der Waals surface area contributed by atoms with Crippen molar-refractivity contribution in [3.63, 3.8) is 0 Å². The number of hydrogen-bond donors (Lipinski definition) is 3. The summed E-state index contributed by atoms with van der Waals surface area (Å²) in [7, 11) is -3.79. The van der Waals surface area contributed by atoms with Crippen molar-refractivity contribution in [3.05, 3.63) is 60.2 Å². The molecule has 0 aliphatic carbocycles. The maximum atomic E-state index is 12.4. The molecule has 0 spiro atoms. The van der Waals surface area contributed by atoms with Crippen LogP contribution in [0.4, 0.5) is 5.69 Å². The van der Waals surface area contributed by atoms with Crippen molar-refractivity contribution >= 4 is 21.6 Å². The molecule has 0 bridgehead atoms. The average Bonchev–Trinajstić information content (AvgIpc) is 2.61. The highest BCUT2D eigenvalue weighted by molar-refractivity contribution is 7.89. The summed E-state index contributed by atoms with van der Waals surface area (Å²) in [5.74, 6) is -0.307. The molecule has 0 radical (unpaired) electrons. The predicted octanol–water partition coefficient (Wildman–Crippen LogP) is 2.47. The van der Waals surface area contributed by atoms with Crippen LogP contribution in [0.25, 0.3) is 0 Å². The topological polar surface area (TPSA) is 95.5 Å². The first-order chi connectivity index (χ1) is 12.1. The molecule has 0 aliphatic heterocycles. The number of anilines is 1. The van der Waals surface area contributed by atoms with Crippen LogP contribution < -0.4 is 10.0 Å². The molecular formula is C19H24N2O4S. The Labute approximate surface area is 154 Å². The first kappa shape index (κ1) is 20.1. The Morgan fingerprint density at radius 1 is 1.08 bits per heavy atom. The number of benzene rings is 2. The van der Waals surface area contributed by atoms with Crippen molar-refractivity contribution in [2.24, 2.45) is 5.92 Å². The average molecular weight is 376 g/mol. The van der Waals surface area contributed by atoms with Gasteiger partial charge in [0, 0.05) is 18.2 Å². The Balaban J connectivity index is 2.07. The van der Waals surface area contributed by atoms with E-state index in [-0.39, 0.29) is 23.3 Å². The third-order valence-corrected chi connectivity index (χ3v) is 5.38. The molecule has 2 aromatic carbocycles. The van der Waals surface area contributed by atoms with Crippen LogP contribution in [-0.4, -0.2) is 26.0 Å². The van der Waals surface area contributed by atoms with Gasteiger partial charge in [-0.1, -0.05) is 44.2 Å². The van der Waals surface area contributed by atoms with Gasteiger partial charge in [0.05, 0.1) is 4.90 Å². The Hall–Kier alpha value is -2.22. The molecule has 1 atom stereocenters. The first-order valence-corrected chi connectivity index (χ1v) is 9.79. The van der Waals surface area contributed by atoms with Gasteiger partial charge >= 0.3 is 0 Å². The molecular weight excluding hydrogens is 352 g/mol. The molecule has 2 aromatic rings. The summed E-state index contributed by atoms with van der Waals surface area (Å²) in [6, 6.07) is 14.7. The zero-order valence-corrected chi connectivity index (χ0v) is 15.9. The standard InChI is InChI=1S/C19H24N2O4S/c1-14(2)18(22)21-16-9-11-17(12-10-16)26(24,25)20-13-19(3,23)15-7-5-4-6-8-15/h4-12,14,20,23H,13H2,1-3H3,(H,21,22). The fourth-order valence-electron chi connectivity index (χ4n) is 2.22. The van der Waals surface area contributed by atoms with Crippen LogP contribution in [0.5, 0.6) is 0 Å². The highest BCUT2D eigenvalue weighted by Gasteiger charge is 2.26. The van der Waals surface area contributed by atoms with E-state index >= 15 is 0 Å². The van der Waals surface area contributed by atoms with Gasteiger partial charge in [0.1, 0.15) is 5.60 Å². The minimum absolute atomic E-state index is 0.0592.